The van der Waals surface area contributed by atoms with Crippen LogP contribution in [-0.4, -0.2) is 19.6 Å². The van der Waals surface area contributed by atoms with Gasteiger partial charge in [0.15, 0.2) is 17.1 Å². The Hall–Kier alpha value is -2.37. The summed E-state index contributed by atoms with van der Waals surface area (Å²) < 4.78 is 7.08. The second-order valence-electron chi connectivity index (χ2n) is 3.45. The lowest BCUT2D eigenvalue weighted by atomic mass is 10.3. The first-order chi connectivity index (χ1) is 7.74. The van der Waals surface area contributed by atoms with Gasteiger partial charge in [-0.3, -0.25) is 0 Å². The summed E-state index contributed by atoms with van der Waals surface area (Å²) in [7, 11) is 0. The third kappa shape index (κ3) is 1.23. The number of rotatable bonds is 1. The maximum Gasteiger partial charge on any atom is 0.185 e. The highest BCUT2D eigenvalue weighted by molar-refractivity contribution is 5.70. The quantitative estimate of drug-likeness (QED) is 0.661. The highest BCUT2D eigenvalue weighted by Gasteiger charge is 2.12. The summed E-state index contributed by atoms with van der Waals surface area (Å²) >= 11 is 0. The van der Waals surface area contributed by atoms with Gasteiger partial charge in [0.25, 0.3) is 0 Å². The largest absolute Gasteiger partial charge is 0.460 e. The predicted molar refractivity (Wildman–Crippen MR) is 57.6 cm³/mol. The number of hydrogen-bond donors (Lipinski definition) is 1. The van der Waals surface area contributed by atoms with Crippen molar-refractivity contribution in [3.05, 3.63) is 30.4 Å². The molecule has 0 aliphatic heterocycles. The van der Waals surface area contributed by atoms with Crippen LogP contribution in [0.4, 0.5) is 5.82 Å². The predicted octanol–water partition coefficient (Wildman–Crippen LogP) is 1.27. The molecule has 0 saturated carbocycles. The Morgan fingerprint density at radius 2 is 2.25 bits per heavy atom. The summed E-state index contributed by atoms with van der Waals surface area (Å²) in [4.78, 5) is 8.34. The van der Waals surface area contributed by atoms with Gasteiger partial charge in [-0.25, -0.2) is 14.5 Å². The summed E-state index contributed by atoms with van der Waals surface area (Å²) in [6, 6.07) is 3.71. The summed E-state index contributed by atoms with van der Waals surface area (Å²) in [6.07, 6.45) is 3.07. The van der Waals surface area contributed by atoms with Crippen LogP contribution >= 0.6 is 0 Å². The smallest absolute Gasteiger partial charge is 0.185 e. The van der Waals surface area contributed by atoms with Gasteiger partial charge >= 0.3 is 0 Å². The standard InChI is InChI=1S/C10H9N5O/c1-6-2-3-7(16-6)9-10-12-5-13-15(10)4-8(11)14-9/h2-5H,11H2,1H3. The van der Waals surface area contributed by atoms with Crippen LogP contribution in [0.1, 0.15) is 5.76 Å². The molecule has 6 nitrogen and oxygen atoms in total. The average molecular weight is 215 g/mol. The van der Waals surface area contributed by atoms with Gasteiger partial charge in [0.05, 0.1) is 6.20 Å². The fourth-order valence-electron chi connectivity index (χ4n) is 1.57. The van der Waals surface area contributed by atoms with Gasteiger partial charge in [0, 0.05) is 0 Å². The number of nitrogen functional groups attached to an aromatic ring is 1. The molecule has 0 aromatic carbocycles. The van der Waals surface area contributed by atoms with E-state index < -0.39 is 0 Å². The maximum atomic E-state index is 5.69. The minimum absolute atomic E-state index is 0.377. The zero-order chi connectivity index (χ0) is 11.1. The lowest BCUT2D eigenvalue weighted by Gasteiger charge is -2.00. The van der Waals surface area contributed by atoms with Crippen molar-refractivity contribution in [3.8, 4) is 11.5 Å². The van der Waals surface area contributed by atoms with Gasteiger partial charge in [-0.2, -0.15) is 5.10 Å². The molecule has 0 saturated heterocycles. The average Bonchev–Trinajstić information content (AvgIpc) is 2.84. The van der Waals surface area contributed by atoms with E-state index in [0.717, 1.165) is 5.76 Å². The highest BCUT2D eigenvalue weighted by atomic mass is 16.3. The molecule has 0 amide bonds. The van der Waals surface area contributed by atoms with Crippen molar-refractivity contribution in [2.75, 3.05) is 5.73 Å². The molecule has 80 valence electrons. The van der Waals surface area contributed by atoms with Gasteiger partial charge in [-0.05, 0) is 19.1 Å². The highest BCUT2D eigenvalue weighted by Crippen LogP contribution is 2.23. The molecule has 0 fully saturated rings. The molecule has 0 aliphatic rings. The van der Waals surface area contributed by atoms with Crippen molar-refractivity contribution >= 4 is 11.5 Å². The Morgan fingerprint density at radius 3 is 3.00 bits per heavy atom. The number of fused-ring (bicyclic) bond motifs is 1. The van der Waals surface area contributed by atoms with Crippen LogP contribution in [0.15, 0.2) is 29.1 Å². The van der Waals surface area contributed by atoms with Crippen LogP contribution in [0.25, 0.3) is 17.1 Å². The topological polar surface area (TPSA) is 82.2 Å². The Labute approximate surface area is 90.7 Å². The van der Waals surface area contributed by atoms with E-state index in [1.807, 2.05) is 19.1 Å². The number of hydrogen-bond acceptors (Lipinski definition) is 5. The van der Waals surface area contributed by atoms with E-state index in [0.29, 0.717) is 22.9 Å². The second-order valence-corrected chi connectivity index (χ2v) is 3.45. The minimum atomic E-state index is 0.377. The molecule has 0 radical (unpaired) electrons. The first-order valence-corrected chi connectivity index (χ1v) is 4.77. The van der Waals surface area contributed by atoms with Gasteiger partial charge in [-0.15, -0.1) is 0 Å². The van der Waals surface area contributed by atoms with Crippen molar-refractivity contribution in [3.63, 3.8) is 0 Å². The van der Waals surface area contributed by atoms with Gasteiger partial charge in [0.1, 0.15) is 17.9 Å². The molecule has 0 unspecified atom stereocenters. The molecule has 3 heterocycles. The Bertz CT molecular complexity index is 654. The molecule has 16 heavy (non-hydrogen) atoms. The third-order valence-corrected chi connectivity index (χ3v) is 2.25. The Kier molecular flexibility index (Phi) is 1.70. The Morgan fingerprint density at radius 1 is 1.38 bits per heavy atom. The van der Waals surface area contributed by atoms with Crippen molar-refractivity contribution in [1.82, 2.24) is 19.6 Å². The fraction of sp³-hybridized carbons (Fsp3) is 0.100. The van der Waals surface area contributed by atoms with E-state index in [2.05, 4.69) is 15.1 Å². The monoisotopic (exact) mass is 215 g/mol. The van der Waals surface area contributed by atoms with E-state index in [1.54, 1.807) is 10.7 Å². The molecule has 3 aromatic heterocycles. The summed E-state index contributed by atoms with van der Waals surface area (Å²) in [5.74, 6) is 1.83. The molecule has 0 spiro atoms. The van der Waals surface area contributed by atoms with E-state index in [9.17, 15) is 0 Å². The van der Waals surface area contributed by atoms with Crippen LogP contribution in [0, 0.1) is 6.92 Å². The zero-order valence-electron chi connectivity index (χ0n) is 8.58. The van der Waals surface area contributed by atoms with Crippen LogP contribution in [-0.2, 0) is 0 Å². The van der Waals surface area contributed by atoms with Crippen molar-refractivity contribution < 1.29 is 4.42 Å². The number of aryl methyl sites for hydroxylation is 1. The first kappa shape index (κ1) is 8.90. The van der Waals surface area contributed by atoms with Crippen molar-refractivity contribution in [2.45, 2.75) is 6.92 Å². The van der Waals surface area contributed by atoms with E-state index in [1.165, 1.54) is 6.33 Å². The molecule has 3 aromatic rings. The summed E-state index contributed by atoms with van der Waals surface area (Å²) in [5.41, 5.74) is 6.92. The molecule has 3 rings (SSSR count). The van der Waals surface area contributed by atoms with Crippen molar-refractivity contribution in [1.29, 1.82) is 0 Å². The Balaban J connectivity index is 2.33. The van der Waals surface area contributed by atoms with E-state index in [-0.39, 0.29) is 0 Å². The number of nitrogens with zero attached hydrogens (tertiary/aromatic N) is 4. The SMILES string of the molecule is Cc1ccc(-c2nc(N)cn3ncnc23)o1. The number of anilines is 1. The third-order valence-electron chi connectivity index (χ3n) is 2.25. The summed E-state index contributed by atoms with van der Waals surface area (Å²) in [5, 5.41) is 4.02. The van der Waals surface area contributed by atoms with E-state index >= 15 is 0 Å². The molecule has 6 heteroatoms. The lowest BCUT2D eigenvalue weighted by Crippen LogP contribution is -1.99. The first-order valence-electron chi connectivity index (χ1n) is 4.77. The van der Waals surface area contributed by atoms with Crippen LogP contribution < -0.4 is 5.73 Å². The maximum absolute atomic E-state index is 5.69. The summed E-state index contributed by atoms with van der Waals surface area (Å²) in [6.45, 7) is 1.87. The van der Waals surface area contributed by atoms with Crippen LogP contribution in [0.3, 0.4) is 0 Å². The molecule has 0 atom stereocenters. The van der Waals surface area contributed by atoms with Crippen LogP contribution in [0.5, 0.6) is 0 Å². The van der Waals surface area contributed by atoms with Gasteiger partial charge in [-0.1, -0.05) is 0 Å². The number of aromatic nitrogens is 4. The fourth-order valence-corrected chi connectivity index (χ4v) is 1.57. The lowest BCUT2D eigenvalue weighted by molar-refractivity contribution is 0.546. The van der Waals surface area contributed by atoms with Gasteiger partial charge < -0.3 is 10.2 Å². The second kappa shape index (κ2) is 3.06. The normalized spacial score (nSPS) is 11.1. The van der Waals surface area contributed by atoms with E-state index in [4.69, 9.17) is 10.2 Å². The molecule has 0 bridgehead atoms. The molecule has 0 aliphatic carbocycles. The van der Waals surface area contributed by atoms with Gasteiger partial charge in [0.2, 0.25) is 0 Å². The molecular weight excluding hydrogens is 206 g/mol. The minimum Gasteiger partial charge on any atom is -0.460 e. The molecule has 2 N–H and O–H groups in total. The van der Waals surface area contributed by atoms with Crippen molar-refractivity contribution in [2.24, 2.45) is 0 Å². The zero-order valence-corrected chi connectivity index (χ0v) is 8.58. The molecular formula is C10H9N5O. The van der Waals surface area contributed by atoms with Crippen LogP contribution in [0.2, 0.25) is 0 Å². The number of nitrogens with two attached hydrogens (primary N) is 1. The number of furan rings is 1.